The molecule has 0 aromatic heterocycles. The summed E-state index contributed by atoms with van der Waals surface area (Å²) in [4.78, 5) is 25.3. The Morgan fingerprint density at radius 1 is 1.38 bits per heavy atom. The first-order valence-corrected chi connectivity index (χ1v) is 14.4. The topological polar surface area (TPSA) is 72.8 Å². The maximum Gasteiger partial charge on any atom is 0.308 e. The van der Waals surface area contributed by atoms with Crippen molar-refractivity contribution < 1.29 is 23.9 Å². The van der Waals surface area contributed by atoms with E-state index in [0.29, 0.717) is 6.42 Å². The van der Waals surface area contributed by atoms with Gasteiger partial charge in [-0.3, -0.25) is 9.59 Å². The molecule has 0 bridgehead atoms. The molecule has 0 unspecified atom stereocenters. The molecular formula is C22H37IO5Si. The van der Waals surface area contributed by atoms with E-state index in [9.17, 15) is 14.7 Å². The Labute approximate surface area is 190 Å². The zero-order chi connectivity index (χ0) is 22.6. The average Bonchev–Trinajstić information content (AvgIpc) is 2.59. The summed E-state index contributed by atoms with van der Waals surface area (Å²) in [6, 6.07) is 0. The maximum atomic E-state index is 12.8. The van der Waals surface area contributed by atoms with Crippen LogP contribution in [0.3, 0.4) is 0 Å². The quantitative estimate of drug-likeness (QED) is 0.300. The predicted molar refractivity (Wildman–Crippen MR) is 128 cm³/mol. The fourth-order valence-electron chi connectivity index (χ4n) is 2.93. The molecule has 0 saturated heterocycles. The third kappa shape index (κ3) is 7.59. The van der Waals surface area contributed by atoms with Crippen molar-refractivity contribution >= 4 is 42.7 Å². The molecule has 166 valence electrons. The van der Waals surface area contributed by atoms with Crippen molar-refractivity contribution in [2.45, 2.75) is 96.7 Å². The van der Waals surface area contributed by atoms with Gasteiger partial charge in [-0.25, -0.2) is 0 Å². The van der Waals surface area contributed by atoms with Crippen molar-refractivity contribution in [1.82, 2.24) is 0 Å². The molecule has 0 aromatic rings. The summed E-state index contributed by atoms with van der Waals surface area (Å²) in [6.45, 7) is 16.0. The molecule has 0 fully saturated rings. The summed E-state index contributed by atoms with van der Waals surface area (Å²) in [5, 5.41) is 10.7. The van der Waals surface area contributed by atoms with Gasteiger partial charge in [0.2, 0.25) is 0 Å². The van der Waals surface area contributed by atoms with Crippen LogP contribution in [0.4, 0.5) is 0 Å². The van der Waals surface area contributed by atoms with E-state index >= 15 is 0 Å². The van der Waals surface area contributed by atoms with E-state index in [0.717, 1.165) is 5.57 Å². The smallest absolute Gasteiger partial charge is 0.308 e. The molecule has 1 N–H and O–H groups in total. The van der Waals surface area contributed by atoms with Gasteiger partial charge < -0.3 is 14.3 Å². The number of cyclic esters (lactones) is 1. The maximum absolute atomic E-state index is 12.8. The number of esters is 1. The third-order valence-electron chi connectivity index (χ3n) is 6.05. The van der Waals surface area contributed by atoms with Gasteiger partial charge in [-0.1, -0.05) is 56.4 Å². The van der Waals surface area contributed by atoms with Crippen LogP contribution in [0.2, 0.25) is 18.1 Å². The molecule has 0 spiro atoms. The molecule has 1 aliphatic rings. The number of aliphatic hydroxyl groups is 1. The highest BCUT2D eigenvalue weighted by Crippen LogP contribution is 2.38. The first kappa shape index (κ1) is 26.5. The summed E-state index contributed by atoms with van der Waals surface area (Å²) in [7, 11) is -2.14. The lowest BCUT2D eigenvalue weighted by Crippen LogP contribution is -2.45. The lowest BCUT2D eigenvalue weighted by atomic mass is 9.90. The molecule has 0 saturated carbocycles. The number of hydrogen-bond donors (Lipinski definition) is 1. The first-order valence-electron chi connectivity index (χ1n) is 10.2. The van der Waals surface area contributed by atoms with Gasteiger partial charge >= 0.3 is 5.97 Å². The fourth-order valence-corrected chi connectivity index (χ4v) is 4.68. The molecule has 0 radical (unpaired) electrons. The van der Waals surface area contributed by atoms with Crippen molar-refractivity contribution in [3.8, 4) is 0 Å². The zero-order valence-electron chi connectivity index (χ0n) is 19.0. The Hall–Kier alpha value is -0.513. The summed E-state index contributed by atoms with van der Waals surface area (Å²) in [5.41, 5.74) is -0.577. The minimum atomic E-state index is -2.14. The molecular weight excluding hydrogens is 499 g/mol. The predicted octanol–water partition coefficient (Wildman–Crippen LogP) is 5.32. The molecule has 1 aliphatic heterocycles. The first-order chi connectivity index (χ1) is 13.1. The van der Waals surface area contributed by atoms with Crippen LogP contribution in [0.5, 0.6) is 0 Å². The van der Waals surface area contributed by atoms with Crippen molar-refractivity contribution in [3.63, 3.8) is 0 Å². The van der Waals surface area contributed by atoms with E-state index < -0.39 is 26.1 Å². The Morgan fingerprint density at radius 3 is 2.48 bits per heavy atom. The summed E-state index contributed by atoms with van der Waals surface area (Å²) < 4.78 is 14.2. The number of hydrogen-bond acceptors (Lipinski definition) is 5. The largest absolute Gasteiger partial charge is 0.457 e. The third-order valence-corrected chi connectivity index (χ3v) is 11.6. The van der Waals surface area contributed by atoms with Crippen LogP contribution in [-0.2, 0) is 18.8 Å². The molecule has 0 aliphatic carbocycles. The van der Waals surface area contributed by atoms with Crippen LogP contribution >= 0.6 is 22.6 Å². The van der Waals surface area contributed by atoms with Gasteiger partial charge in [-0.15, -0.1) is 0 Å². The number of carbonyl (C=O) groups is 2. The monoisotopic (exact) mass is 536 g/mol. The Balaban J connectivity index is 3.25. The number of carbonyl (C=O) groups excluding carboxylic acids is 2. The van der Waals surface area contributed by atoms with Crippen LogP contribution in [0, 0.1) is 5.92 Å². The molecule has 0 amide bonds. The molecule has 4 atom stereocenters. The van der Waals surface area contributed by atoms with E-state index in [2.05, 4.69) is 56.5 Å². The van der Waals surface area contributed by atoms with Crippen LogP contribution in [0.1, 0.15) is 60.8 Å². The van der Waals surface area contributed by atoms with Gasteiger partial charge in [0.1, 0.15) is 11.7 Å². The number of rotatable bonds is 3. The highest BCUT2D eigenvalue weighted by molar-refractivity contribution is 14.1. The minimum Gasteiger partial charge on any atom is -0.457 e. The molecule has 1 rings (SSSR count). The van der Waals surface area contributed by atoms with Gasteiger partial charge in [0.05, 0.1) is 12.5 Å². The number of halogens is 1. The fraction of sp³-hybridized carbons (Fsp3) is 0.727. The van der Waals surface area contributed by atoms with Crippen molar-refractivity contribution in [1.29, 1.82) is 0 Å². The molecule has 1 heterocycles. The van der Waals surface area contributed by atoms with Gasteiger partial charge in [-0.05, 0) is 60.6 Å². The second-order valence-electron chi connectivity index (χ2n) is 9.86. The standard InChI is InChI=1S/C22H37IO5Si/c1-15-9-10-18(24)22(6,26)12-11-17(28-29(7,8)21(3,4)5)13-19(25)27-20(15)16(2)14-23/h9-10,14-15,17,20,26H,11-13H2,1-8H3/b10-9+,16-14+/t15-,17+,20-,22+/m0/s1. The van der Waals surface area contributed by atoms with E-state index in [-0.39, 0.29) is 35.6 Å². The second-order valence-corrected chi connectivity index (χ2v) is 15.2. The highest BCUT2D eigenvalue weighted by Gasteiger charge is 2.41. The Kier molecular flexibility index (Phi) is 9.33. The van der Waals surface area contributed by atoms with Crippen molar-refractivity contribution in [2.75, 3.05) is 0 Å². The van der Waals surface area contributed by atoms with Crippen molar-refractivity contribution in [3.05, 3.63) is 21.8 Å². The molecule has 0 aromatic carbocycles. The summed E-state index contributed by atoms with van der Waals surface area (Å²) >= 11 is 2.12. The van der Waals surface area contributed by atoms with E-state index in [4.69, 9.17) is 9.16 Å². The van der Waals surface area contributed by atoms with Gasteiger partial charge in [0, 0.05) is 5.92 Å². The van der Waals surface area contributed by atoms with Gasteiger partial charge in [0.15, 0.2) is 14.1 Å². The average molecular weight is 537 g/mol. The minimum absolute atomic E-state index is 0.0146. The molecule has 5 nitrogen and oxygen atoms in total. The number of ketones is 1. The zero-order valence-corrected chi connectivity index (χ0v) is 22.2. The van der Waals surface area contributed by atoms with Crippen LogP contribution in [0.25, 0.3) is 0 Å². The van der Waals surface area contributed by atoms with Crippen LogP contribution in [0.15, 0.2) is 21.8 Å². The highest BCUT2D eigenvalue weighted by atomic mass is 127. The second kappa shape index (κ2) is 10.2. The summed E-state index contributed by atoms with van der Waals surface area (Å²) in [6.07, 6.45) is 3.02. The lowest BCUT2D eigenvalue weighted by Gasteiger charge is -2.39. The molecule has 29 heavy (non-hydrogen) atoms. The van der Waals surface area contributed by atoms with E-state index in [1.165, 1.54) is 13.0 Å². The summed E-state index contributed by atoms with van der Waals surface area (Å²) in [5.74, 6) is -0.843. The SMILES string of the molecule is C/C(=C\I)[C@H]1OC(=O)C[C@H](O[Si](C)(C)C(C)(C)C)CC[C@@](C)(O)C(=O)/C=C/[C@@H]1C. The Bertz CT molecular complexity index is 661. The number of ether oxygens (including phenoxy) is 1. The Morgan fingerprint density at radius 2 is 1.97 bits per heavy atom. The van der Waals surface area contributed by atoms with E-state index in [1.54, 1.807) is 6.08 Å². The normalized spacial score (nSPS) is 32.2. The lowest BCUT2D eigenvalue weighted by molar-refractivity contribution is -0.151. The van der Waals surface area contributed by atoms with E-state index in [1.807, 2.05) is 17.9 Å². The van der Waals surface area contributed by atoms with Crippen LogP contribution in [-0.4, -0.2) is 43.0 Å². The van der Waals surface area contributed by atoms with Gasteiger partial charge in [-0.2, -0.15) is 0 Å². The molecule has 7 heteroatoms. The van der Waals surface area contributed by atoms with Crippen molar-refractivity contribution in [2.24, 2.45) is 5.92 Å². The van der Waals surface area contributed by atoms with Gasteiger partial charge in [0.25, 0.3) is 0 Å². The van der Waals surface area contributed by atoms with Crippen LogP contribution < -0.4 is 0 Å².